The molecule has 2 atom stereocenters. The molecular formula is C37H48FN7O3. The van der Waals surface area contributed by atoms with Gasteiger partial charge in [0.1, 0.15) is 29.7 Å². The average molecular weight is 658 g/mol. The van der Waals surface area contributed by atoms with Gasteiger partial charge in [0, 0.05) is 87.6 Å². The van der Waals surface area contributed by atoms with Gasteiger partial charge in [-0.2, -0.15) is 0 Å². The van der Waals surface area contributed by atoms with Crippen molar-refractivity contribution in [3.8, 4) is 17.2 Å². The second kappa shape index (κ2) is 13.6. The molecule has 11 heteroatoms. The standard InChI is InChI=1S/C37H48FN7O3/c1-5-45(25(2)3)36(46)29-19-27(38)7-8-32(29)48-34-21-39-24-41-35(34)44-17-10-28(11-18-44)47-33-9-14-40-31-12-16-43(23-30(31)33)22-26-20-37(26)13-6-15-42(37)4/h7-9,14,19,21,24-26,28H,5-6,10-13,15-18,20,22-23H2,1-4H3/t26?,37-/m0/s1. The van der Waals surface area contributed by atoms with Crippen LogP contribution in [0.3, 0.4) is 0 Å². The maximum Gasteiger partial charge on any atom is 0.257 e. The van der Waals surface area contributed by atoms with E-state index in [0.29, 0.717) is 23.7 Å². The summed E-state index contributed by atoms with van der Waals surface area (Å²) in [5.74, 6) is 2.31. The van der Waals surface area contributed by atoms with E-state index in [9.17, 15) is 9.18 Å². The molecule has 1 aromatic carbocycles. The molecule has 1 unspecified atom stereocenters. The monoisotopic (exact) mass is 657 g/mol. The van der Waals surface area contributed by atoms with E-state index in [1.165, 1.54) is 61.6 Å². The number of nitrogens with zero attached hydrogens (tertiary/aromatic N) is 7. The van der Waals surface area contributed by atoms with Crippen molar-refractivity contribution in [1.82, 2.24) is 29.7 Å². The first-order chi connectivity index (χ1) is 23.3. The SMILES string of the molecule is CCN(C(=O)c1cc(F)ccc1Oc1cncnc1N1CCC(Oc2ccnc3c2CN(CC2C[C@@]24CCCN4C)CC3)CC1)C(C)C. The number of hydrogen-bond donors (Lipinski definition) is 0. The van der Waals surface area contributed by atoms with Gasteiger partial charge in [-0.1, -0.05) is 0 Å². The van der Waals surface area contributed by atoms with Crippen LogP contribution in [0.4, 0.5) is 10.2 Å². The number of carbonyl (C=O) groups is 1. The van der Waals surface area contributed by atoms with Crippen LogP contribution in [-0.4, -0.2) is 99.6 Å². The maximum absolute atomic E-state index is 14.3. The predicted molar refractivity (Wildman–Crippen MR) is 182 cm³/mol. The molecule has 1 saturated carbocycles. The Morgan fingerprint density at radius 2 is 1.94 bits per heavy atom. The number of hydrogen-bond acceptors (Lipinski definition) is 9. The van der Waals surface area contributed by atoms with Crippen molar-refractivity contribution in [2.24, 2.45) is 5.92 Å². The topological polar surface area (TPSA) is 87.2 Å². The third-order valence-corrected chi connectivity index (χ3v) is 11.0. The second-order valence-electron chi connectivity index (χ2n) is 14.2. The third kappa shape index (κ3) is 6.46. The number of rotatable bonds is 10. The average Bonchev–Trinajstić information content (AvgIpc) is 3.66. The lowest BCUT2D eigenvalue weighted by Gasteiger charge is -2.35. The van der Waals surface area contributed by atoms with E-state index in [-0.39, 0.29) is 29.4 Å². The molecule has 10 nitrogen and oxygen atoms in total. The van der Waals surface area contributed by atoms with Crippen LogP contribution in [0.2, 0.25) is 0 Å². The van der Waals surface area contributed by atoms with Crippen LogP contribution in [0.5, 0.6) is 17.2 Å². The van der Waals surface area contributed by atoms with Crippen LogP contribution >= 0.6 is 0 Å². The highest BCUT2D eigenvalue weighted by atomic mass is 19.1. The Morgan fingerprint density at radius 3 is 2.69 bits per heavy atom. The summed E-state index contributed by atoms with van der Waals surface area (Å²) in [6, 6.07) is 6.04. The van der Waals surface area contributed by atoms with Gasteiger partial charge in [0.25, 0.3) is 5.91 Å². The predicted octanol–water partition coefficient (Wildman–Crippen LogP) is 5.56. The van der Waals surface area contributed by atoms with Crippen molar-refractivity contribution in [3.05, 3.63) is 65.6 Å². The molecular weight excluding hydrogens is 609 g/mol. The summed E-state index contributed by atoms with van der Waals surface area (Å²) in [7, 11) is 2.30. The zero-order chi connectivity index (χ0) is 33.4. The summed E-state index contributed by atoms with van der Waals surface area (Å²) in [5.41, 5.74) is 3.05. The molecule has 256 valence electrons. The fourth-order valence-corrected chi connectivity index (χ4v) is 8.22. The summed E-state index contributed by atoms with van der Waals surface area (Å²) >= 11 is 0. The molecule has 3 aliphatic heterocycles. The first-order valence-corrected chi connectivity index (χ1v) is 17.7. The number of benzene rings is 1. The highest BCUT2D eigenvalue weighted by molar-refractivity contribution is 5.97. The van der Waals surface area contributed by atoms with Crippen LogP contribution in [0.25, 0.3) is 0 Å². The number of halogens is 1. The Morgan fingerprint density at radius 1 is 1.10 bits per heavy atom. The zero-order valence-electron chi connectivity index (χ0n) is 28.7. The lowest BCUT2D eigenvalue weighted by Crippen LogP contribution is -2.39. The van der Waals surface area contributed by atoms with Gasteiger partial charge in [-0.15, -0.1) is 0 Å². The minimum atomic E-state index is -0.492. The molecule has 3 fully saturated rings. The molecule has 2 aromatic heterocycles. The largest absolute Gasteiger partial charge is 0.490 e. The van der Waals surface area contributed by atoms with Crippen molar-refractivity contribution in [3.63, 3.8) is 0 Å². The molecule has 2 saturated heterocycles. The molecule has 3 aromatic rings. The molecule has 4 aliphatic rings. The quantitative estimate of drug-likeness (QED) is 0.278. The van der Waals surface area contributed by atoms with E-state index in [4.69, 9.17) is 14.5 Å². The van der Waals surface area contributed by atoms with Gasteiger partial charge >= 0.3 is 0 Å². The van der Waals surface area contributed by atoms with Crippen LogP contribution in [0.1, 0.15) is 74.5 Å². The van der Waals surface area contributed by atoms with Crippen LogP contribution in [-0.2, 0) is 13.0 Å². The van der Waals surface area contributed by atoms with Crippen LogP contribution in [0, 0.1) is 11.7 Å². The first kappa shape index (κ1) is 32.7. The number of aromatic nitrogens is 3. The molecule has 0 radical (unpaired) electrons. The van der Waals surface area contributed by atoms with Gasteiger partial charge in [-0.05, 0) is 83.8 Å². The molecule has 0 bridgehead atoms. The maximum atomic E-state index is 14.3. The minimum absolute atomic E-state index is 0.0384. The van der Waals surface area contributed by atoms with Gasteiger partial charge < -0.3 is 24.2 Å². The molecule has 1 aliphatic carbocycles. The Bertz CT molecular complexity index is 1630. The minimum Gasteiger partial charge on any atom is -0.490 e. The number of piperidine rings is 1. The number of likely N-dealkylation sites (tertiary alicyclic amines) is 1. The van der Waals surface area contributed by atoms with Crippen molar-refractivity contribution >= 4 is 11.7 Å². The van der Waals surface area contributed by atoms with Crippen molar-refractivity contribution < 1.29 is 18.7 Å². The highest BCUT2D eigenvalue weighted by Crippen LogP contribution is 2.54. The van der Waals surface area contributed by atoms with E-state index in [1.807, 2.05) is 33.0 Å². The summed E-state index contributed by atoms with van der Waals surface area (Å²) < 4.78 is 27.3. The van der Waals surface area contributed by atoms with Gasteiger partial charge in [-0.3, -0.25) is 14.7 Å². The van der Waals surface area contributed by atoms with E-state index in [1.54, 1.807) is 11.1 Å². The molecule has 0 N–H and O–H groups in total. The van der Waals surface area contributed by atoms with E-state index < -0.39 is 5.82 Å². The smallest absolute Gasteiger partial charge is 0.257 e. The Kier molecular flexibility index (Phi) is 9.26. The summed E-state index contributed by atoms with van der Waals surface area (Å²) in [6.07, 6.45) is 11.7. The number of anilines is 1. The van der Waals surface area contributed by atoms with Crippen molar-refractivity contribution in [2.45, 2.75) is 83.5 Å². The Balaban J connectivity index is 0.999. The van der Waals surface area contributed by atoms with Gasteiger partial charge in [-0.25, -0.2) is 14.4 Å². The lowest BCUT2D eigenvalue weighted by atomic mass is 10.0. The fourth-order valence-electron chi connectivity index (χ4n) is 8.22. The number of pyridine rings is 1. The highest BCUT2D eigenvalue weighted by Gasteiger charge is 2.58. The molecule has 1 spiro atoms. The second-order valence-corrected chi connectivity index (χ2v) is 14.2. The fraction of sp³-hybridized carbons (Fsp3) is 0.568. The van der Waals surface area contributed by atoms with E-state index >= 15 is 0 Å². The third-order valence-electron chi connectivity index (χ3n) is 11.0. The Labute approximate surface area is 283 Å². The molecule has 5 heterocycles. The first-order valence-electron chi connectivity index (χ1n) is 17.7. The summed E-state index contributed by atoms with van der Waals surface area (Å²) in [6.45, 7) is 12.1. The van der Waals surface area contributed by atoms with E-state index in [0.717, 1.165) is 63.7 Å². The van der Waals surface area contributed by atoms with E-state index in [2.05, 4.69) is 31.7 Å². The molecule has 7 rings (SSSR count). The zero-order valence-corrected chi connectivity index (χ0v) is 28.7. The van der Waals surface area contributed by atoms with Crippen molar-refractivity contribution in [2.75, 3.05) is 51.2 Å². The van der Waals surface area contributed by atoms with Gasteiger partial charge in [0.15, 0.2) is 11.6 Å². The van der Waals surface area contributed by atoms with Crippen LogP contribution in [0.15, 0.2) is 43.0 Å². The van der Waals surface area contributed by atoms with Crippen LogP contribution < -0.4 is 14.4 Å². The summed E-state index contributed by atoms with van der Waals surface area (Å²) in [4.78, 5) is 36.0. The Hall–Kier alpha value is -3.83. The van der Waals surface area contributed by atoms with Gasteiger partial charge in [0.05, 0.1) is 11.8 Å². The molecule has 1 amide bonds. The van der Waals surface area contributed by atoms with Gasteiger partial charge in [0.2, 0.25) is 0 Å². The number of ether oxygens (including phenoxy) is 2. The molecule has 48 heavy (non-hydrogen) atoms. The number of fused-ring (bicyclic) bond motifs is 1. The normalized spacial score (nSPS) is 23.0. The summed E-state index contributed by atoms with van der Waals surface area (Å²) in [5, 5.41) is 0. The van der Waals surface area contributed by atoms with Crippen molar-refractivity contribution in [1.29, 1.82) is 0 Å². The number of carbonyl (C=O) groups excluding carboxylic acids is 1. The number of amides is 1. The lowest BCUT2D eigenvalue weighted by molar-refractivity contribution is 0.0713.